The first kappa shape index (κ1) is 22.1. The molecule has 6 unspecified atom stereocenters. The maximum Gasteiger partial charge on any atom is 0.198 e. The molecule has 28 heavy (non-hydrogen) atoms. The third kappa shape index (κ3) is 5.53. The van der Waals surface area contributed by atoms with Gasteiger partial charge in [-0.2, -0.15) is 0 Å². The van der Waals surface area contributed by atoms with Crippen molar-refractivity contribution in [2.24, 2.45) is 0 Å². The Morgan fingerprint density at radius 1 is 0.964 bits per heavy atom. The highest BCUT2D eigenvalue weighted by Gasteiger charge is 2.52. The minimum atomic E-state index is -0.921. The molecule has 0 radical (unpaired) electrons. The number of hydrogen-bond donors (Lipinski definition) is 2. The summed E-state index contributed by atoms with van der Waals surface area (Å²) in [5.74, 6) is 0. The van der Waals surface area contributed by atoms with E-state index in [9.17, 15) is 0 Å². The molecule has 0 amide bonds. The van der Waals surface area contributed by atoms with Crippen molar-refractivity contribution in [1.82, 2.24) is 0 Å². The quantitative estimate of drug-likeness (QED) is 0.237. The standard InChI is InChI=1S/C14H18O12S2/c1-17-14-12(22-28-26-24-16)11(21-27-25-23-15)10-9(19-14)7-18-13(20-10)8-5-3-2-4-6-8/h2-6,9-16H,7H2,1H3. The normalized spacial score (nSPS) is 32.8. The van der Waals surface area contributed by atoms with Gasteiger partial charge in [0.1, 0.15) is 18.3 Å². The monoisotopic (exact) mass is 442 g/mol. The van der Waals surface area contributed by atoms with Crippen LogP contribution in [0.1, 0.15) is 11.9 Å². The molecule has 6 atom stereocenters. The van der Waals surface area contributed by atoms with Gasteiger partial charge in [0.2, 0.25) is 0 Å². The lowest BCUT2D eigenvalue weighted by Crippen LogP contribution is -2.62. The van der Waals surface area contributed by atoms with Gasteiger partial charge in [-0.1, -0.05) is 40.4 Å². The number of rotatable bonds is 10. The van der Waals surface area contributed by atoms with Crippen LogP contribution in [0.5, 0.6) is 0 Å². The Bertz CT molecular complexity index is 569. The molecule has 14 heteroatoms. The van der Waals surface area contributed by atoms with Crippen LogP contribution in [0.3, 0.4) is 0 Å². The van der Waals surface area contributed by atoms with Crippen LogP contribution < -0.4 is 0 Å². The molecule has 1 aromatic rings. The maximum absolute atomic E-state index is 8.33. The van der Waals surface area contributed by atoms with Gasteiger partial charge in [0, 0.05) is 12.7 Å². The lowest BCUT2D eigenvalue weighted by molar-refractivity contribution is -0.436. The molecule has 2 aliphatic rings. The average molecular weight is 442 g/mol. The van der Waals surface area contributed by atoms with E-state index in [4.69, 9.17) is 37.8 Å². The van der Waals surface area contributed by atoms with Crippen LogP contribution in [0.2, 0.25) is 0 Å². The lowest BCUT2D eigenvalue weighted by Gasteiger charge is -2.47. The first-order valence-electron chi connectivity index (χ1n) is 7.89. The van der Waals surface area contributed by atoms with E-state index in [1.54, 1.807) is 0 Å². The molecule has 158 valence electrons. The summed E-state index contributed by atoms with van der Waals surface area (Å²) in [4.78, 5) is 0. The molecule has 2 fully saturated rings. The molecule has 3 rings (SSSR count). The van der Waals surface area contributed by atoms with Crippen molar-refractivity contribution in [3.05, 3.63) is 35.9 Å². The van der Waals surface area contributed by atoms with Crippen molar-refractivity contribution in [2.75, 3.05) is 13.7 Å². The second-order valence-corrected chi connectivity index (χ2v) is 6.43. The van der Waals surface area contributed by atoms with Crippen LogP contribution in [-0.2, 0) is 46.1 Å². The predicted octanol–water partition coefficient (Wildman–Crippen LogP) is 2.21. The number of fused-ring (bicyclic) bond motifs is 1. The van der Waals surface area contributed by atoms with Gasteiger partial charge in [-0.3, -0.25) is 8.37 Å². The van der Waals surface area contributed by atoms with Gasteiger partial charge in [-0.05, 0) is 0 Å². The maximum atomic E-state index is 8.33. The molecule has 2 aliphatic heterocycles. The smallest absolute Gasteiger partial charge is 0.198 e. The summed E-state index contributed by atoms with van der Waals surface area (Å²) in [6.45, 7) is 0.197. The van der Waals surface area contributed by atoms with E-state index in [0.717, 1.165) is 5.56 Å². The minimum absolute atomic E-state index is 0.197. The van der Waals surface area contributed by atoms with Crippen LogP contribution >= 0.6 is 24.6 Å². The molecule has 0 spiro atoms. The zero-order chi connectivity index (χ0) is 19.8. The van der Waals surface area contributed by atoms with Crippen LogP contribution in [0.4, 0.5) is 0 Å². The second kappa shape index (κ2) is 11.6. The summed E-state index contributed by atoms with van der Waals surface area (Å²) in [6.07, 6.45) is -4.57. The predicted molar refractivity (Wildman–Crippen MR) is 90.2 cm³/mol. The summed E-state index contributed by atoms with van der Waals surface area (Å²) < 4.78 is 42.4. The Kier molecular flexibility index (Phi) is 9.15. The number of ether oxygens (including phenoxy) is 4. The molecular weight excluding hydrogens is 424 g/mol. The van der Waals surface area contributed by atoms with Crippen LogP contribution in [-0.4, -0.2) is 54.9 Å². The van der Waals surface area contributed by atoms with Crippen LogP contribution in [0.25, 0.3) is 0 Å². The highest BCUT2D eigenvalue weighted by atomic mass is 32.2. The van der Waals surface area contributed by atoms with Gasteiger partial charge in [-0.25, -0.2) is 10.5 Å². The SMILES string of the molecule is COC1OC2COC(c3ccccc3)OC2C(OSOOO)C1OSOOO. The Morgan fingerprint density at radius 3 is 2.29 bits per heavy atom. The van der Waals surface area contributed by atoms with E-state index in [2.05, 4.69) is 18.7 Å². The van der Waals surface area contributed by atoms with E-state index >= 15 is 0 Å². The minimum Gasteiger partial charge on any atom is -0.353 e. The fourth-order valence-corrected chi connectivity index (χ4v) is 3.59. The van der Waals surface area contributed by atoms with E-state index < -0.39 is 37.0 Å². The van der Waals surface area contributed by atoms with E-state index in [-0.39, 0.29) is 6.61 Å². The fourth-order valence-electron chi connectivity index (χ4n) is 2.88. The van der Waals surface area contributed by atoms with Crippen molar-refractivity contribution >= 4 is 24.6 Å². The molecule has 2 N–H and O–H groups in total. The number of methoxy groups -OCH3 is 1. The van der Waals surface area contributed by atoms with E-state index in [1.165, 1.54) is 7.11 Å². The van der Waals surface area contributed by atoms with Crippen molar-refractivity contribution in [1.29, 1.82) is 0 Å². The van der Waals surface area contributed by atoms with Gasteiger partial charge < -0.3 is 18.9 Å². The molecular formula is C14H18O12S2. The summed E-state index contributed by atoms with van der Waals surface area (Å²) >= 11 is 0.682. The molecule has 2 saturated heterocycles. The third-order valence-corrected chi connectivity index (χ3v) is 4.84. The topological polar surface area (TPSA) is 133 Å². The molecule has 0 bridgehead atoms. The van der Waals surface area contributed by atoms with Gasteiger partial charge in [0.05, 0.1) is 6.61 Å². The Labute approximate surface area is 168 Å². The van der Waals surface area contributed by atoms with E-state index in [1.807, 2.05) is 30.3 Å². The molecule has 1 aromatic carbocycles. The summed E-state index contributed by atoms with van der Waals surface area (Å²) in [6, 6.07) is 9.31. The lowest BCUT2D eigenvalue weighted by atomic mass is 9.98. The van der Waals surface area contributed by atoms with Crippen molar-refractivity contribution in [2.45, 2.75) is 37.0 Å². The van der Waals surface area contributed by atoms with Gasteiger partial charge in [0.15, 0.2) is 43.3 Å². The Balaban J connectivity index is 1.76. The Morgan fingerprint density at radius 2 is 1.64 bits per heavy atom. The number of benzene rings is 1. The summed E-state index contributed by atoms with van der Waals surface area (Å²) in [7, 11) is 1.41. The third-order valence-electron chi connectivity index (χ3n) is 4.01. The number of hydrogen-bond acceptors (Lipinski definition) is 14. The summed E-state index contributed by atoms with van der Waals surface area (Å²) in [5, 5.41) is 23.6. The van der Waals surface area contributed by atoms with Crippen LogP contribution in [0, 0.1) is 0 Å². The first-order valence-corrected chi connectivity index (χ1v) is 9.22. The highest BCUT2D eigenvalue weighted by Crippen LogP contribution is 2.38. The molecule has 0 aliphatic carbocycles. The van der Waals surface area contributed by atoms with Gasteiger partial charge in [-0.15, -0.1) is 8.67 Å². The highest BCUT2D eigenvalue weighted by molar-refractivity contribution is 7.90. The van der Waals surface area contributed by atoms with Crippen molar-refractivity contribution in [3.63, 3.8) is 0 Å². The molecule has 0 saturated carbocycles. The van der Waals surface area contributed by atoms with Gasteiger partial charge >= 0.3 is 0 Å². The first-order chi connectivity index (χ1) is 13.8. The second-order valence-electron chi connectivity index (χ2n) is 5.50. The van der Waals surface area contributed by atoms with Gasteiger partial charge in [0.25, 0.3) is 0 Å². The average Bonchev–Trinajstić information content (AvgIpc) is 2.75. The molecule has 2 heterocycles. The largest absolute Gasteiger partial charge is 0.353 e. The van der Waals surface area contributed by atoms with Crippen molar-refractivity contribution in [3.8, 4) is 0 Å². The Hall–Kier alpha value is -0.560. The fraction of sp³-hybridized carbons (Fsp3) is 0.571. The zero-order valence-corrected chi connectivity index (χ0v) is 16.0. The molecule has 0 aromatic heterocycles. The molecule has 12 nitrogen and oxygen atoms in total. The summed E-state index contributed by atoms with van der Waals surface area (Å²) in [5.41, 5.74) is 0.806. The van der Waals surface area contributed by atoms with E-state index in [0.29, 0.717) is 24.6 Å². The zero-order valence-electron chi connectivity index (χ0n) is 14.4. The van der Waals surface area contributed by atoms with Crippen LogP contribution in [0.15, 0.2) is 30.3 Å². The van der Waals surface area contributed by atoms with Crippen molar-refractivity contribution < 1.29 is 56.6 Å².